The summed E-state index contributed by atoms with van der Waals surface area (Å²) in [7, 11) is 0. The van der Waals surface area contributed by atoms with Crippen molar-refractivity contribution < 1.29 is 5.11 Å². The van der Waals surface area contributed by atoms with E-state index in [1.807, 2.05) is 13.1 Å². The lowest BCUT2D eigenvalue weighted by Crippen LogP contribution is -2.54. The number of hydrogen-bond acceptors (Lipinski definition) is 4. The number of aliphatic hydroxyl groups excluding tert-OH is 1. The van der Waals surface area contributed by atoms with Crippen LogP contribution in [0.2, 0.25) is 0 Å². The van der Waals surface area contributed by atoms with Crippen molar-refractivity contribution in [2.75, 3.05) is 6.61 Å². The topological polar surface area (TPSA) is 58.0 Å². The fourth-order valence-corrected chi connectivity index (χ4v) is 3.84. The molecule has 1 aliphatic carbocycles. The molecule has 0 spiro atoms. The van der Waals surface area contributed by atoms with E-state index in [1.165, 1.54) is 6.42 Å². The lowest BCUT2D eigenvalue weighted by Gasteiger charge is -2.47. The maximum absolute atomic E-state index is 9.92. The van der Waals surface area contributed by atoms with Gasteiger partial charge < -0.3 is 10.4 Å². The predicted octanol–water partition coefficient (Wildman–Crippen LogP) is 2.45. The van der Waals surface area contributed by atoms with E-state index in [4.69, 9.17) is 0 Å². The molecule has 1 saturated carbocycles. The highest BCUT2D eigenvalue weighted by molar-refractivity contribution is 5.04. The molecular formula is C16H27N3O. The largest absolute Gasteiger partial charge is 0.394 e. The minimum absolute atomic E-state index is 0.181. The Morgan fingerprint density at radius 2 is 2.05 bits per heavy atom. The van der Waals surface area contributed by atoms with Gasteiger partial charge >= 0.3 is 0 Å². The fourth-order valence-electron chi connectivity index (χ4n) is 3.84. The van der Waals surface area contributed by atoms with E-state index < -0.39 is 0 Å². The Labute approximate surface area is 122 Å². The predicted molar refractivity (Wildman–Crippen MR) is 80.2 cm³/mol. The zero-order chi connectivity index (χ0) is 14.8. The molecule has 112 valence electrons. The van der Waals surface area contributed by atoms with Crippen molar-refractivity contribution in [3.8, 4) is 0 Å². The molecule has 20 heavy (non-hydrogen) atoms. The third kappa shape index (κ3) is 3.76. The molecule has 1 fully saturated rings. The Morgan fingerprint density at radius 1 is 1.30 bits per heavy atom. The molecule has 4 heteroatoms. The molecule has 2 N–H and O–H groups in total. The average molecular weight is 277 g/mol. The molecular weight excluding hydrogens is 250 g/mol. The van der Waals surface area contributed by atoms with Crippen LogP contribution in [0.3, 0.4) is 0 Å². The van der Waals surface area contributed by atoms with Crippen LogP contribution in [0.5, 0.6) is 0 Å². The van der Waals surface area contributed by atoms with Crippen molar-refractivity contribution in [3.63, 3.8) is 0 Å². The molecule has 2 atom stereocenters. The van der Waals surface area contributed by atoms with Crippen LogP contribution in [0, 0.1) is 18.3 Å². The van der Waals surface area contributed by atoms with Gasteiger partial charge in [-0.1, -0.05) is 20.8 Å². The van der Waals surface area contributed by atoms with Crippen LogP contribution >= 0.6 is 0 Å². The van der Waals surface area contributed by atoms with Crippen molar-refractivity contribution in [1.29, 1.82) is 0 Å². The van der Waals surface area contributed by atoms with E-state index in [0.717, 1.165) is 24.2 Å². The van der Waals surface area contributed by atoms with Gasteiger partial charge in [-0.3, -0.25) is 9.97 Å². The van der Waals surface area contributed by atoms with E-state index in [0.29, 0.717) is 12.5 Å². The number of aryl methyl sites for hydroxylation is 1. The Kier molecular flexibility index (Phi) is 4.45. The standard InChI is InChI=1S/C16H27N3O/c1-12-5-15(3,4)10-16(6-12,11-20)19-9-14-8-17-13(2)7-18-14/h7-8,12,19-20H,5-6,9-11H2,1-4H3/t12-,16-/m1/s1. The summed E-state index contributed by atoms with van der Waals surface area (Å²) in [6.45, 7) is 9.64. The normalized spacial score (nSPS) is 29.4. The second-order valence-corrected chi connectivity index (χ2v) is 7.30. The van der Waals surface area contributed by atoms with E-state index in [-0.39, 0.29) is 17.6 Å². The molecule has 1 aliphatic rings. The number of nitrogens with one attached hydrogen (secondary N) is 1. The molecule has 0 aromatic carbocycles. The fraction of sp³-hybridized carbons (Fsp3) is 0.750. The average Bonchev–Trinajstić information content (AvgIpc) is 2.36. The summed E-state index contributed by atoms with van der Waals surface area (Å²) in [5.41, 5.74) is 1.94. The van der Waals surface area contributed by atoms with Crippen LogP contribution < -0.4 is 5.32 Å². The summed E-state index contributed by atoms with van der Waals surface area (Å²) >= 11 is 0. The van der Waals surface area contributed by atoms with Crippen LogP contribution in [0.1, 0.15) is 51.4 Å². The molecule has 0 saturated heterocycles. The van der Waals surface area contributed by atoms with E-state index >= 15 is 0 Å². The van der Waals surface area contributed by atoms with E-state index in [2.05, 4.69) is 36.1 Å². The zero-order valence-electron chi connectivity index (χ0n) is 13.1. The Morgan fingerprint density at radius 3 is 2.60 bits per heavy atom. The lowest BCUT2D eigenvalue weighted by atomic mass is 9.64. The second-order valence-electron chi connectivity index (χ2n) is 7.30. The first-order valence-electron chi connectivity index (χ1n) is 7.48. The summed E-state index contributed by atoms with van der Waals surface area (Å²) in [6, 6.07) is 0. The van der Waals surface area contributed by atoms with E-state index in [1.54, 1.807) is 6.20 Å². The van der Waals surface area contributed by atoms with Gasteiger partial charge in [0.2, 0.25) is 0 Å². The van der Waals surface area contributed by atoms with Crippen molar-refractivity contribution in [2.24, 2.45) is 11.3 Å². The van der Waals surface area contributed by atoms with Crippen LogP contribution in [-0.2, 0) is 6.54 Å². The van der Waals surface area contributed by atoms with Crippen molar-refractivity contribution >= 4 is 0 Å². The number of rotatable bonds is 4. The molecule has 0 bridgehead atoms. The van der Waals surface area contributed by atoms with Gasteiger partial charge in [-0.2, -0.15) is 0 Å². The Hall–Kier alpha value is -1.00. The van der Waals surface area contributed by atoms with Gasteiger partial charge in [0.15, 0.2) is 0 Å². The maximum atomic E-state index is 9.92. The van der Waals surface area contributed by atoms with Crippen molar-refractivity contribution in [3.05, 3.63) is 23.8 Å². The Balaban J connectivity index is 2.05. The van der Waals surface area contributed by atoms with Gasteiger partial charge in [-0.05, 0) is 37.5 Å². The SMILES string of the molecule is Cc1cnc(CN[C@]2(CO)C[C@H](C)CC(C)(C)C2)cn1. The minimum atomic E-state index is -0.187. The first-order valence-corrected chi connectivity index (χ1v) is 7.48. The summed E-state index contributed by atoms with van der Waals surface area (Å²) < 4.78 is 0. The maximum Gasteiger partial charge on any atom is 0.0724 e. The highest BCUT2D eigenvalue weighted by atomic mass is 16.3. The van der Waals surface area contributed by atoms with Gasteiger partial charge in [0, 0.05) is 24.5 Å². The van der Waals surface area contributed by atoms with E-state index in [9.17, 15) is 5.11 Å². The third-order valence-corrected chi connectivity index (χ3v) is 4.24. The molecule has 1 aromatic heterocycles. The van der Waals surface area contributed by atoms with Crippen LogP contribution in [0.15, 0.2) is 12.4 Å². The third-order valence-electron chi connectivity index (χ3n) is 4.24. The summed E-state index contributed by atoms with van der Waals surface area (Å²) in [5, 5.41) is 13.5. The minimum Gasteiger partial charge on any atom is -0.394 e. The van der Waals surface area contributed by atoms with Crippen molar-refractivity contribution in [2.45, 2.75) is 59.0 Å². The molecule has 0 unspecified atom stereocenters. The first kappa shape index (κ1) is 15.4. The lowest BCUT2D eigenvalue weighted by molar-refractivity contribution is 0.0350. The Bertz CT molecular complexity index is 444. The molecule has 2 rings (SSSR count). The molecule has 0 amide bonds. The van der Waals surface area contributed by atoms with Crippen LogP contribution in [-0.4, -0.2) is 27.2 Å². The number of aromatic nitrogens is 2. The van der Waals surface area contributed by atoms with Crippen LogP contribution in [0.4, 0.5) is 0 Å². The van der Waals surface area contributed by atoms with Gasteiger partial charge in [0.25, 0.3) is 0 Å². The molecule has 0 aliphatic heterocycles. The highest BCUT2D eigenvalue weighted by Crippen LogP contribution is 2.43. The molecule has 0 radical (unpaired) electrons. The van der Waals surface area contributed by atoms with Gasteiger partial charge in [-0.25, -0.2) is 0 Å². The quantitative estimate of drug-likeness (QED) is 0.887. The zero-order valence-corrected chi connectivity index (χ0v) is 13.1. The first-order chi connectivity index (χ1) is 9.34. The second kappa shape index (κ2) is 5.78. The smallest absolute Gasteiger partial charge is 0.0724 e. The number of hydrogen-bond donors (Lipinski definition) is 2. The van der Waals surface area contributed by atoms with Crippen molar-refractivity contribution in [1.82, 2.24) is 15.3 Å². The molecule has 4 nitrogen and oxygen atoms in total. The number of aliphatic hydroxyl groups is 1. The monoisotopic (exact) mass is 277 g/mol. The molecule has 1 heterocycles. The highest BCUT2D eigenvalue weighted by Gasteiger charge is 2.42. The van der Waals surface area contributed by atoms with Gasteiger partial charge in [-0.15, -0.1) is 0 Å². The van der Waals surface area contributed by atoms with Crippen LogP contribution in [0.25, 0.3) is 0 Å². The number of nitrogens with zero attached hydrogens (tertiary/aromatic N) is 2. The van der Waals surface area contributed by atoms with Gasteiger partial charge in [0.1, 0.15) is 0 Å². The van der Waals surface area contributed by atoms with Gasteiger partial charge in [0.05, 0.1) is 18.0 Å². The molecule has 1 aromatic rings. The summed E-state index contributed by atoms with van der Waals surface area (Å²) in [6.07, 6.45) is 6.84. The summed E-state index contributed by atoms with van der Waals surface area (Å²) in [5.74, 6) is 0.627. The summed E-state index contributed by atoms with van der Waals surface area (Å²) in [4.78, 5) is 8.65.